The van der Waals surface area contributed by atoms with Crippen LogP contribution in [-0.2, 0) is 4.79 Å². The number of rotatable bonds is 4. The molecular formula is C28H35FN6OS. The molecule has 0 bridgehead atoms. The standard InChI is InChI=1S/C28H35FN6OS/c1-15(2)21-22-17(4)24(18-6-8-34(9-7-18)27(36)20-11-28(5,29)13-30-20)37-26(22)33-23(21)19-10-16(3)25-31-14-32-35(25)12-19/h10,12,14-15,18,20,30,33H,6-9,11,13H2,1-5H3/t20-,28?/m1/s1. The largest absolute Gasteiger partial charge is 0.346 e. The van der Waals surface area contributed by atoms with Crippen molar-refractivity contribution < 1.29 is 9.18 Å². The minimum absolute atomic E-state index is 0.0567. The molecule has 7 nitrogen and oxygen atoms in total. The molecule has 196 valence electrons. The summed E-state index contributed by atoms with van der Waals surface area (Å²) in [6, 6.07) is 1.81. The van der Waals surface area contributed by atoms with Gasteiger partial charge in [0.2, 0.25) is 5.91 Å². The number of amides is 1. The third-order valence-electron chi connectivity index (χ3n) is 8.21. The van der Waals surface area contributed by atoms with Gasteiger partial charge in [-0.05, 0) is 68.2 Å². The first-order valence-electron chi connectivity index (χ1n) is 13.3. The molecule has 4 aromatic heterocycles. The normalized spacial score (nSPS) is 23.2. The van der Waals surface area contributed by atoms with Crippen LogP contribution in [-0.4, -0.2) is 61.7 Å². The van der Waals surface area contributed by atoms with Crippen LogP contribution in [0.25, 0.3) is 27.1 Å². The summed E-state index contributed by atoms with van der Waals surface area (Å²) in [5.41, 5.74) is 5.69. The van der Waals surface area contributed by atoms with Crippen molar-refractivity contribution in [3.05, 3.63) is 40.2 Å². The molecule has 0 radical (unpaired) electrons. The van der Waals surface area contributed by atoms with Gasteiger partial charge in [-0.25, -0.2) is 13.9 Å². The first kappa shape index (κ1) is 24.6. The van der Waals surface area contributed by atoms with Crippen LogP contribution in [0.15, 0.2) is 18.6 Å². The van der Waals surface area contributed by atoms with Gasteiger partial charge in [0.15, 0.2) is 5.65 Å². The van der Waals surface area contributed by atoms with Crippen molar-refractivity contribution >= 4 is 33.1 Å². The lowest BCUT2D eigenvalue weighted by Crippen LogP contribution is -2.46. The quantitative estimate of drug-likeness (QED) is 0.372. The number of thiophene rings is 1. The molecule has 0 saturated carbocycles. The molecule has 2 aliphatic heterocycles. The molecule has 0 aliphatic carbocycles. The van der Waals surface area contributed by atoms with Crippen molar-refractivity contribution in [2.45, 2.75) is 77.4 Å². The number of likely N-dealkylation sites (tertiary alicyclic amines) is 1. The number of piperidine rings is 1. The molecule has 2 N–H and O–H groups in total. The van der Waals surface area contributed by atoms with Crippen LogP contribution in [0.4, 0.5) is 4.39 Å². The van der Waals surface area contributed by atoms with E-state index >= 15 is 0 Å². The molecule has 2 saturated heterocycles. The van der Waals surface area contributed by atoms with Crippen LogP contribution < -0.4 is 5.32 Å². The van der Waals surface area contributed by atoms with Crippen molar-refractivity contribution in [2.24, 2.45) is 0 Å². The summed E-state index contributed by atoms with van der Waals surface area (Å²) < 4.78 is 16.1. The molecule has 6 heterocycles. The lowest BCUT2D eigenvalue weighted by Gasteiger charge is -2.33. The van der Waals surface area contributed by atoms with E-state index in [9.17, 15) is 9.18 Å². The van der Waals surface area contributed by atoms with Gasteiger partial charge < -0.3 is 15.2 Å². The maximum Gasteiger partial charge on any atom is 0.239 e. The number of halogens is 1. The molecule has 2 atom stereocenters. The molecule has 37 heavy (non-hydrogen) atoms. The van der Waals surface area contributed by atoms with Gasteiger partial charge in [0.25, 0.3) is 0 Å². The molecule has 1 unspecified atom stereocenters. The zero-order valence-corrected chi connectivity index (χ0v) is 23.0. The Bertz CT molecular complexity index is 1490. The van der Waals surface area contributed by atoms with Gasteiger partial charge in [0.05, 0.1) is 11.7 Å². The third-order valence-corrected chi connectivity index (χ3v) is 9.58. The molecule has 2 fully saturated rings. The zero-order chi connectivity index (χ0) is 26.1. The zero-order valence-electron chi connectivity index (χ0n) is 22.2. The Morgan fingerprint density at radius 2 is 2.03 bits per heavy atom. The van der Waals surface area contributed by atoms with Crippen LogP contribution >= 0.6 is 11.3 Å². The molecule has 4 aromatic rings. The number of nitrogens with one attached hydrogen (secondary N) is 2. The Morgan fingerprint density at radius 1 is 1.27 bits per heavy atom. The van der Waals surface area contributed by atoms with E-state index in [4.69, 9.17) is 0 Å². The van der Waals surface area contributed by atoms with Crippen LogP contribution in [0.1, 0.15) is 73.4 Å². The van der Waals surface area contributed by atoms with Gasteiger partial charge in [-0.15, -0.1) is 11.3 Å². The summed E-state index contributed by atoms with van der Waals surface area (Å²) in [5, 5.41) is 8.79. The van der Waals surface area contributed by atoms with E-state index in [1.165, 1.54) is 26.2 Å². The Morgan fingerprint density at radius 3 is 2.70 bits per heavy atom. The van der Waals surface area contributed by atoms with Gasteiger partial charge in [0, 0.05) is 48.1 Å². The summed E-state index contributed by atoms with van der Waals surface area (Å²) in [6.45, 7) is 12.1. The summed E-state index contributed by atoms with van der Waals surface area (Å²) in [4.78, 5) is 25.7. The second-order valence-electron chi connectivity index (χ2n) is 11.5. The number of H-pyrrole nitrogens is 1. The number of hydrogen-bond acceptors (Lipinski definition) is 5. The number of fused-ring (bicyclic) bond motifs is 2. The minimum atomic E-state index is -1.29. The van der Waals surface area contributed by atoms with E-state index in [0.29, 0.717) is 11.8 Å². The van der Waals surface area contributed by atoms with Crippen molar-refractivity contribution in [2.75, 3.05) is 19.6 Å². The number of aromatic amines is 1. The highest BCUT2D eigenvalue weighted by molar-refractivity contribution is 7.19. The second-order valence-corrected chi connectivity index (χ2v) is 12.5. The van der Waals surface area contributed by atoms with E-state index in [2.05, 4.69) is 60.3 Å². The van der Waals surface area contributed by atoms with Gasteiger partial charge >= 0.3 is 0 Å². The van der Waals surface area contributed by atoms with E-state index in [1.807, 2.05) is 20.8 Å². The van der Waals surface area contributed by atoms with Gasteiger partial charge in [-0.3, -0.25) is 4.79 Å². The fourth-order valence-electron chi connectivity index (χ4n) is 6.34. The molecule has 1 amide bonds. The van der Waals surface area contributed by atoms with Gasteiger partial charge in [-0.1, -0.05) is 13.8 Å². The Labute approximate surface area is 220 Å². The second kappa shape index (κ2) is 8.91. The molecule has 6 rings (SSSR count). The summed E-state index contributed by atoms with van der Waals surface area (Å²) in [7, 11) is 0. The maximum atomic E-state index is 14.2. The summed E-state index contributed by atoms with van der Waals surface area (Å²) >= 11 is 1.87. The molecule has 0 spiro atoms. The van der Waals surface area contributed by atoms with Crippen molar-refractivity contribution in [3.63, 3.8) is 0 Å². The van der Waals surface area contributed by atoms with E-state index in [-0.39, 0.29) is 24.9 Å². The van der Waals surface area contributed by atoms with Gasteiger partial charge in [0.1, 0.15) is 16.8 Å². The monoisotopic (exact) mass is 522 g/mol. The van der Waals surface area contributed by atoms with Gasteiger partial charge in [-0.2, -0.15) is 5.10 Å². The highest BCUT2D eigenvalue weighted by Crippen LogP contribution is 2.46. The summed E-state index contributed by atoms with van der Waals surface area (Å²) in [5.74, 6) is 0.854. The molecule has 9 heteroatoms. The third kappa shape index (κ3) is 4.16. The number of hydrogen-bond donors (Lipinski definition) is 2. The first-order valence-corrected chi connectivity index (χ1v) is 14.1. The number of pyridine rings is 1. The number of alkyl halides is 1. The number of nitrogens with zero attached hydrogens (tertiary/aromatic N) is 4. The predicted molar refractivity (Wildman–Crippen MR) is 146 cm³/mol. The number of aryl methyl sites for hydroxylation is 2. The van der Waals surface area contributed by atoms with Crippen molar-refractivity contribution in [3.8, 4) is 11.3 Å². The number of carbonyl (C=O) groups is 1. The molecule has 2 aliphatic rings. The van der Waals surface area contributed by atoms with Crippen LogP contribution in [0.5, 0.6) is 0 Å². The summed E-state index contributed by atoms with van der Waals surface area (Å²) in [6.07, 6.45) is 5.82. The first-order chi connectivity index (χ1) is 17.6. The average molecular weight is 523 g/mol. The SMILES string of the molecule is Cc1c(C2CCN(C(=O)[C@H]3CC(C)(F)CN3)CC2)sc2[nH]c(-c3cc(C)c4ncnn4c3)c(C(C)C)c12. The Kier molecular flexibility index (Phi) is 5.91. The molecule has 0 aromatic carbocycles. The average Bonchev–Trinajstić information content (AvgIpc) is 3.62. The highest BCUT2D eigenvalue weighted by atomic mass is 32.1. The minimum Gasteiger partial charge on any atom is -0.346 e. The predicted octanol–water partition coefficient (Wildman–Crippen LogP) is 5.48. The lowest BCUT2D eigenvalue weighted by atomic mass is 9.90. The fraction of sp³-hybridized carbons (Fsp3) is 0.536. The van der Waals surface area contributed by atoms with Crippen LogP contribution in [0, 0.1) is 13.8 Å². The van der Waals surface area contributed by atoms with E-state index in [1.54, 1.807) is 13.3 Å². The Hall–Kier alpha value is -2.78. The lowest BCUT2D eigenvalue weighted by molar-refractivity contribution is -0.134. The van der Waals surface area contributed by atoms with Crippen LogP contribution in [0.3, 0.4) is 0 Å². The molecular weight excluding hydrogens is 487 g/mol. The maximum absolute atomic E-state index is 14.2. The topological polar surface area (TPSA) is 78.3 Å². The van der Waals surface area contributed by atoms with E-state index in [0.717, 1.165) is 48.4 Å². The van der Waals surface area contributed by atoms with Crippen LogP contribution in [0.2, 0.25) is 0 Å². The number of carbonyl (C=O) groups excluding carboxylic acids is 1. The fourth-order valence-corrected chi connectivity index (χ4v) is 7.73. The highest BCUT2D eigenvalue weighted by Gasteiger charge is 2.40. The number of aromatic nitrogens is 4. The van der Waals surface area contributed by atoms with E-state index < -0.39 is 5.67 Å². The smallest absolute Gasteiger partial charge is 0.239 e. The Balaban J connectivity index is 1.27. The van der Waals surface area contributed by atoms with Crippen molar-refractivity contribution in [1.82, 2.24) is 29.8 Å². The van der Waals surface area contributed by atoms with Crippen molar-refractivity contribution in [1.29, 1.82) is 0 Å².